The van der Waals surface area contributed by atoms with Gasteiger partial charge in [-0.25, -0.2) is 4.79 Å². The summed E-state index contributed by atoms with van der Waals surface area (Å²) in [6.07, 6.45) is 1.08. The highest BCUT2D eigenvalue weighted by Gasteiger charge is 2.32. The Morgan fingerprint density at radius 3 is 2.42 bits per heavy atom. The highest BCUT2D eigenvalue weighted by Crippen LogP contribution is 2.42. The van der Waals surface area contributed by atoms with E-state index in [1.54, 1.807) is 31.4 Å². The van der Waals surface area contributed by atoms with Gasteiger partial charge in [0.05, 0.1) is 7.11 Å². The monoisotopic (exact) mass is 374 g/mol. The van der Waals surface area contributed by atoms with Crippen LogP contribution in [0.25, 0.3) is 11.1 Å². The average molecular weight is 375 g/mol. The molecule has 0 radical (unpaired) electrons. The van der Waals surface area contributed by atoms with Gasteiger partial charge in [0.25, 0.3) is 0 Å². The maximum absolute atomic E-state index is 12.1. The van der Waals surface area contributed by atoms with Gasteiger partial charge < -0.3 is 14.6 Å². The Hall–Kier alpha value is -2.53. The fourth-order valence-electron chi connectivity index (χ4n) is 2.98. The van der Waals surface area contributed by atoms with E-state index >= 15 is 0 Å². The van der Waals surface area contributed by atoms with Gasteiger partial charge in [-0.3, -0.25) is 4.79 Å². The lowest BCUT2D eigenvalue weighted by molar-refractivity contribution is -0.152. The summed E-state index contributed by atoms with van der Waals surface area (Å²) in [6.45, 7) is 2.92. The highest BCUT2D eigenvalue weighted by molar-refractivity contribution is 6.31. The van der Waals surface area contributed by atoms with Gasteiger partial charge in [0, 0.05) is 28.1 Å². The van der Waals surface area contributed by atoms with E-state index in [2.05, 4.69) is 0 Å². The molecule has 26 heavy (non-hydrogen) atoms. The summed E-state index contributed by atoms with van der Waals surface area (Å²) in [5.74, 6) is -0.181. The van der Waals surface area contributed by atoms with Crippen LogP contribution in [-0.4, -0.2) is 29.6 Å². The van der Waals surface area contributed by atoms with Crippen LogP contribution in [0, 0.1) is 0 Å². The van der Waals surface area contributed by atoms with Crippen molar-refractivity contribution in [3.05, 3.63) is 46.5 Å². The third kappa shape index (κ3) is 3.27. The molecule has 6 heteroatoms. The van der Waals surface area contributed by atoms with Gasteiger partial charge in [-0.1, -0.05) is 11.6 Å². The first kappa shape index (κ1) is 18.3. The molecule has 1 N–H and O–H groups in total. The molecule has 3 rings (SSSR count). The minimum absolute atomic E-state index is 0.0302. The molecule has 0 aromatic heterocycles. The minimum Gasteiger partial charge on any atom is -0.496 e. The van der Waals surface area contributed by atoms with Gasteiger partial charge in [0.1, 0.15) is 11.5 Å². The lowest BCUT2D eigenvalue weighted by Crippen LogP contribution is -2.38. The van der Waals surface area contributed by atoms with Crippen LogP contribution in [-0.2, 0) is 11.2 Å². The molecule has 0 spiro atoms. The Balaban J connectivity index is 2.23. The molecule has 2 aromatic carbocycles. The topological polar surface area (TPSA) is 72.8 Å². The van der Waals surface area contributed by atoms with Crippen LogP contribution in [0.3, 0.4) is 0 Å². The number of halogens is 1. The third-order valence-corrected chi connectivity index (χ3v) is 4.69. The number of rotatable bonds is 5. The molecule has 2 aromatic rings. The zero-order valence-corrected chi connectivity index (χ0v) is 15.5. The fraction of sp³-hybridized carbons (Fsp3) is 0.300. The number of ketones is 1. The zero-order valence-electron chi connectivity index (χ0n) is 14.8. The van der Waals surface area contributed by atoms with Crippen molar-refractivity contribution in [3.8, 4) is 22.6 Å². The van der Waals surface area contributed by atoms with Crippen LogP contribution in [0.15, 0.2) is 30.3 Å². The van der Waals surface area contributed by atoms with Crippen LogP contribution >= 0.6 is 11.6 Å². The highest BCUT2D eigenvalue weighted by atomic mass is 35.5. The first-order valence-electron chi connectivity index (χ1n) is 8.19. The molecule has 0 heterocycles. The number of carboxylic acid groups (broad SMARTS) is 1. The predicted molar refractivity (Wildman–Crippen MR) is 98.4 cm³/mol. The van der Waals surface area contributed by atoms with Crippen LogP contribution in [0.2, 0.25) is 5.02 Å². The fourth-order valence-corrected chi connectivity index (χ4v) is 3.15. The van der Waals surface area contributed by atoms with Crippen LogP contribution in [0.4, 0.5) is 0 Å². The molecule has 136 valence electrons. The number of Topliss-reactive ketones (excluding diaryl/α,β-unsaturated/α-hetero) is 1. The molecule has 1 aliphatic carbocycles. The third-order valence-electron chi connectivity index (χ3n) is 4.46. The number of hydrogen-bond acceptors (Lipinski definition) is 4. The molecule has 0 amide bonds. The Kier molecular flexibility index (Phi) is 4.67. The number of methoxy groups -OCH3 is 1. The summed E-state index contributed by atoms with van der Waals surface area (Å²) in [5.41, 5.74) is 1.35. The Morgan fingerprint density at radius 1 is 1.08 bits per heavy atom. The van der Waals surface area contributed by atoms with Crippen molar-refractivity contribution in [2.75, 3.05) is 7.11 Å². The molecule has 0 bridgehead atoms. The minimum atomic E-state index is -1.46. The SMILES string of the molecule is COc1ccc(Cl)cc1-c1cc2c(cc1OC(C)(C)C(=O)O)C(=O)CC2. The lowest BCUT2D eigenvalue weighted by Gasteiger charge is -2.24. The largest absolute Gasteiger partial charge is 0.496 e. The lowest BCUT2D eigenvalue weighted by atomic mass is 9.97. The maximum atomic E-state index is 12.1. The van der Waals surface area contributed by atoms with E-state index in [0.717, 1.165) is 5.56 Å². The maximum Gasteiger partial charge on any atom is 0.347 e. The standard InChI is InChI=1S/C20H19ClO5/c1-20(2,19(23)24)26-18-10-13-11(4-6-16(13)22)8-14(18)15-9-12(21)5-7-17(15)25-3/h5,7-10H,4,6H2,1-3H3,(H,23,24). The number of ether oxygens (including phenoxy) is 2. The van der Waals surface area contributed by atoms with Crippen molar-refractivity contribution in [3.63, 3.8) is 0 Å². The molecule has 0 aliphatic heterocycles. The van der Waals surface area contributed by atoms with E-state index in [1.165, 1.54) is 13.8 Å². The molecule has 0 unspecified atom stereocenters. The number of carbonyl (C=O) groups excluding carboxylic acids is 1. The van der Waals surface area contributed by atoms with E-state index in [4.69, 9.17) is 21.1 Å². The molecule has 0 saturated carbocycles. The Morgan fingerprint density at radius 2 is 1.77 bits per heavy atom. The van der Waals surface area contributed by atoms with Gasteiger partial charge in [-0.2, -0.15) is 0 Å². The number of hydrogen-bond donors (Lipinski definition) is 1. The second-order valence-electron chi connectivity index (χ2n) is 6.69. The van der Waals surface area contributed by atoms with Crippen molar-refractivity contribution >= 4 is 23.4 Å². The van der Waals surface area contributed by atoms with Crippen molar-refractivity contribution in [1.82, 2.24) is 0 Å². The van der Waals surface area contributed by atoms with Crippen molar-refractivity contribution < 1.29 is 24.2 Å². The van der Waals surface area contributed by atoms with Crippen LogP contribution < -0.4 is 9.47 Å². The Labute approximate surface area is 156 Å². The molecular weight excluding hydrogens is 356 g/mol. The first-order valence-corrected chi connectivity index (χ1v) is 8.57. The number of aliphatic carboxylic acids is 1. The number of carboxylic acids is 1. The van der Waals surface area contributed by atoms with Gasteiger partial charge in [0.15, 0.2) is 11.4 Å². The summed E-state index contributed by atoms with van der Waals surface area (Å²) < 4.78 is 11.2. The second-order valence-corrected chi connectivity index (χ2v) is 7.13. The Bertz CT molecular complexity index is 901. The van der Waals surface area contributed by atoms with Crippen LogP contribution in [0.5, 0.6) is 11.5 Å². The average Bonchev–Trinajstić information content (AvgIpc) is 2.94. The van der Waals surface area contributed by atoms with Crippen molar-refractivity contribution in [2.24, 2.45) is 0 Å². The van der Waals surface area contributed by atoms with Gasteiger partial charge >= 0.3 is 5.97 Å². The summed E-state index contributed by atoms with van der Waals surface area (Å²) in [7, 11) is 1.55. The van der Waals surface area contributed by atoms with E-state index in [0.29, 0.717) is 46.1 Å². The predicted octanol–water partition coefficient (Wildman–Crippen LogP) is 4.39. The number of aryl methyl sites for hydroxylation is 1. The van der Waals surface area contributed by atoms with E-state index in [9.17, 15) is 14.7 Å². The molecule has 0 atom stereocenters. The van der Waals surface area contributed by atoms with Crippen LogP contribution in [0.1, 0.15) is 36.2 Å². The molecule has 0 saturated heterocycles. The van der Waals surface area contributed by atoms with Gasteiger partial charge in [0.2, 0.25) is 0 Å². The molecular formula is C20H19ClO5. The number of fused-ring (bicyclic) bond motifs is 1. The van der Waals surface area contributed by atoms with E-state index in [-0.39, 0.29) is 5.78 Å². The molecule has 1 aliphatic rings. The number of carbonyl (C=O) groups is 2. The number of benzene rings is 2. The van der Waals surface area contributed by atoms with E-state index < -0.39 is 11.6 Å². The summed E-state index contributed by atoms with van der Waals surface area (Å²) in [4.78, 5) is 23.6. The van der Waals surface area contributed by atoms with Gasteiger partial charge in [-0.05, 0) is 56.2 Å². The smallest absolute Gasteiger partial charge is 0.347 e. The summed E-state index contributed by atoms with van der Waals surface area (Å²) in [5, 5.41) is 9.93. The first-order chi connectivity index (χ1) is 12.2. The van der Waals surface area contributed by atoms with Crippen molar-refractivity contribution in [2.45, 2.75) is 32.3 Å². The zero-order chi connectivity index (χ0) is 19.1. The van der Waals surface area contributed by atoms with E-state index in [1.807, 2.05) is 6.07 Å². The summed E-state index contributed by atoms with van der Waals surface area (Å²) in [6, 6.07) is 8.68. The summed E-state index contributed by atoms with van der Waals surface area (Å²) >= 11 is 6.16. The normalized spacial score (nSPS) is 13.5. The quantitative estimate of drug-likeness (QED) is 0.840. The van der Waals surface area contributed by atoms with Crippen molar-refractivity contribution in [1.29, 1.82) is 0 Å². The van der Waals surface area contributed by atoms with Gasteiger partial charge in [-0.15, -0.1) is 0 Å². The molecule has 0 fully saturated rings. The molecule has 5 nitrogen and oxygen atoms in total. The second kappa shape index (κ2) is 6.65.